The molecule has 0 unspecified atom stereocenters. The zero-order chi connectivity index (χ0) is 20.6. The Morgan fingerprint density at radius 2 is 1.83 bits per heavy atom. The Hall–Kier alpha value is -3.04. The lowest BCUT2D eigenvalue weighted by Crippen LogP contribution is -2.22. The van der Waals surface area contributed by atoms with Crippen LogP contribution in [0.4, 0.5) is 5.69 Å². The first-order valence-electron chi connectivity index (χ1n) is 8.46. The van der Waals surface area contributed by atoms with E-state index in [-0.39, 0.29) is 35.2 Å². The SMILES string of the molecule is COc1ccc(C(=O)NCc2nnc(SCC(=O)Nc3ccc(Cl)cc3)o2)cc1. The standard InChI is InChI=1S/C19H17ClN4O4S/c1-27-15-8-2-12(3-9-15)18(26)21-10-17-23-24-19(28-17)29-11-16(25)22-14-6-4-13(20)5-7-14/h2-9H,10-11H2,1H3,(H,21,26)(H,22,25). The predicted molar refractivity (Wildman–Crippen MR) is 109 cm³/mol. The van der Waals surface area contributed by atoms with E-state index in [0.717, 1.165) is 11.8 Å². The van der Waals surface area contributed by atoms with E-state index >= 15 is 0 Å². The second-order valence-electron chi connectivity index (χ2n) is 5.72. The van der Waals surface area contributed by atoms with Crippen LogP contribution in [-0.2, 0) is 11.3 Å². The van der Waals surface area contributed by atoms with Gasteiger partial charge in [-0.25, -0.2) is 0 Å². The summed E-state index contributed by atoms with van der Waals surface area (Å²) in [5, 5.41) is 14.0. The Morgan fingerprint density at radius 1 is 1.10 bits per heavy atom. The van der Waals surface area contributed by atoms with E-state index in [4.69, 9.17) is 20.8 Å². The fourth-order valence-corrected chi connectivity index (χ4v) is 2.93. The highest BCUT2D eigenvalue weighted by Crippen LogP contribution is 2.18. The van der Waals surface area contributed by atoms with Crippen LogP contribution in [0.5, 0.6) is 5.75 Å². The molecule has 29 heavy (non-hydrogen) atoms. The van der Waals surface area contributed by atoms with Crippen molar-refractivity contribution in [2.45, 2.75) is 11.8 Å². The van der Waals surface area contributed by atoms with Gasteiger partial charge in [-0.2, -0.15) is 0 Å². The third-order valence-corrected chi connectivity index (χ3v) is 4.73. The number of nitrogens with zero attached hydrogens (tertiary/aromatic N) is 2. The molecule has 8 nitrogen and oxygen atoms in total. The van der Waals surface area contributed by atoms with Gasteiger partial charge in [0.1, 0.15) is 5.75 Å². The molecule has 0 bridgehead atoms. The molecule has 0 spiro atoms. The molecule has 150 valence electrons. The summed E-state index contributed by atoms with van der Waals surface area (Å²) in [6, 6.07) is 13.5. The van der Waals surface area contributed by atoms with Crippen molar-refractivity contribution < 1.29 is 18.7 Å². The average molecular weight is 433 g/mol. The highest BCUT2D eigenvalue weighted by Gasteiger charge is 2.12. The number of hydrogen-bond donors (Lipinski definition) is 2. The van der Waals surface area contributed by atoms with Gasteiger partial charge >= 0.3 is 0 Å². The second kappa shape index (κ2) is 9.94. The molecule has 2 N–H and O–H groups in total. The van der Waals surface area contributed by atoms with Crippen LogP contribution < -0.4 is 15.4 Å². The molecule has 0 atom stereocenters. The number of anilines is 1. The van der Waals surface area contributed by atoms with Gasteiger partial charge in [0.05, 0.1) is 19.4 Å². The summed E-state index contributed by atoms with van der Waals surface area (Å²) in [6.07, 6.45) is 0. The Kier molecular flexibility index (Phi) is 7.09. The number of nitrogens with one attached hydrogen (secondary N) is 2. The van der Waals surface area contributed by atoms with E-state index in [1.54, 1.807) is 55.6 Å². The Bertz CT molecular complexity index is 977. The third-order valence-electron chi connectivity index (χ3n) is 3.66. The number of rotatable bonds is 8. The molecular weight excluding hydrogens is 416 g/mol. The fourth-order valence-electron chi connectivity index (χ4n) is 2.23. The summed E-state index contributed by atoms with van der Waals surface area (Å²) in [5.74, 6) is 0.516. The molecule has 3 aromatic rings. The van der Waals surface area contributed by atoms with Crippen molar-refractivity contribution in [3.05, 3.63) is 65.0 Å². The molecular formula is C19H17ClN4O4S. The van der Waals surface area contributed by atoms with Crippen LogP contribution >= 0.6 is 23.4 Å². The maximum Gasteiger partial charge on any atom is 0.277 e. The predicted octanol–water partition coefficient (Wildman–Crippen LogP) is 3.39. The number of halogens is 1. The van der Waals surface area contributed by atoms with Crippen LogP contribution in [-0.4, -0.2) is 34.9 Å². The van der Waals surface area contributed by atoms with E-state index in [1.807, 2.05) is 0 Å². The number of carbonyl (C=O) groups excluding carboxylic acids is 2. The monoisotopic (exact) mass is 432 g/mol. The summed E-state index contributed by atoms with van der Waals surface area (Å²) in [6.45, 7) is 0.0788. The molecule has 0 aliphatic heterocycles. The molecule has 10 heteroatoms. The number of methoxy groups -OCH3 is 1. The maximum absolute atomic E-state index is 12.1. The lowest BCUT2D eigenvalue weighted by molar-refractivity contribution is -0.113. The minimum absolute atomic E-state index is 0.0788. The van der Waals surface area contributed by atoms with Gasteiger partial charge in [-0.3, -0.25) is 9.59 Å². The molecule has 0 saturated carbocycles. The number of thioether (sulfide) groups is 1. The first-order valence-corrected chi connectivity index (χ1v) is 9.82. The summed E-state index contributed by atoms with van der Waals surface area (Å²) in [4.78, 5) is 24.1. The van der Waals surface area contributed by atoms with Crippen LogP contribution in [0.3, 0.4) is 0 Å². The molecule has 0 saturated heterocycles. The van der Waals surface area contributed by atoms with Crippen molar-refractivity contribution in [2.75, 3.05) is 18.2 Å². The number of hydrogen-bond acceptors (Lipinski definition) is 7. The summed E-state index contributed by atoms with van der Waals surface area (Å²) in [5.41, 5.74) is 1.13. The normalized spacial score (nSPS) is 10.4. The first-order chi connectivity index (χ1) is 14.0. The molecule has 1 heterocycles. The van der Waals surface area contributed by atoms with Gasteiger partial charge in [0.15, 0.2) is 0 Å². The first kappa shape index (κ1) is 20.7. The van der Waals surface area contributed by atoms with Gasteiger partial charge < -0.3 is 19.8 Å². The highest BCUT2D eigenvalue weighted by atomic mass is 35.5. The van der Waals surface area contributed by atoms with Gasteiger partial charge in [-0.15, -0.1) is 10.2 Å². The fraction of sp³-hybridized carbons (Fsp3) is 0.158. The minimum Gasteiger partial charge on any atom is -0.497 e. The number of aromatic nitrogens is 2. The minimum atomic E-state index is -0.276. The Balaban J connectivity index is 1.44. The van der Waals surface area contributed by atoms with Crippen molar-refractivity contribution in [3.8, 4) is 5.75 Å². The summed E-state index contributed by atoms with van der Waals surface area (Å²) < 4.78 is 10.5. The van der Waals surface area contributed by atoms with Crippen molar-refractivity contribution in [1.29, 1.82) is 0 Å². The van der Waals surface area contributed by atoms with Crippen molar-refractivity contribution >= 4 is 40.9 Å². The van der Waals surface area contributed by atoms with Crippen LogP contribution in [0.1, 0.15) is 16.2 Å². The Morgan fingerprint density at radius 3 is 2.52 bits per heavy atom. The van der Waals surface area contributed by atoms with Gasteiger partial charge in [-0.05, 0) is 48.5 Å². The van der Waals surface area contributed by atoms with Gasteiger partial charge in [0.25, 0.3) is 11.1 Å². The van der Waals surface area contributed by atoms with E-state index in [1.165, 1.54) is 0 Å². The van der Waals surface area contributed by atoms with Crippen LogP contribution in [0.15, 0.2) is 58.2 Å². The second-order valence-corrected chi connectivity index (χ2v) is 7.08. The highest BCUT2D eigenvalue weighted by molar-refractivity contribution is 7.99. The molecule has 2 aromatic carbocycles. The van der Waals surface area contributed by atoms with Crippen LogP contribution in [0.25, 0.3) is 0 Å². The molecule has 1 aromatic heterocycles. The third kappa shape index (κ3) is 6.23. The summed E-state index contributed by atoms with van der Waals surface area (Å²) >= 11 is 6.91. The lowest BCUT2D eigenvalue weighted by atomic mass is 10.2. The molecule has 0 radical (unpaired) electrons. The zero-order valence-electron chi connectivity index (χ0n) is 15.3. The van der Waals surface area contributed by atoms with Crippen LogP contribution in [0.2, 0.25) is 5.02 Å². The zero-order valence-corrected chi connectivity index (χ0v) is 16.9. The van der Waals surface area contributed by atoms with Crippen molar-refractivity contribution in [2.24, 2.45) is 0 Å². The molecule has 0 aliphatic carbocycles. The number of ether oxygens (including phenoxy) is 1. The van der Waals surface area contributed by atoms with Crippen molar-refractivity contribution in [3.63, 3.8) is 0 Å². The van der Waals surface area contributed by atoms with Gasteiger partial charge in [-0.1, -0.05) is 23.4 Å². The molecule has 2 amide bonds. The van der Waals surface area contributed by atoms with Crippen LogP contribution in [0, 0.1) is 0 Å². The smallest absolute Gasteiger partial charge is 0.277 e. The lowest BCUT2D eigenvalue weighted by Gasteiger charge is -2.04. The number of benzene rings is 2. The van der Waals surface area contributed by atoms with Crippen molar-refractivity contribution in [1.82, 2.24) is 15.5 Å². The number of amides is 2. The van der Waals surface area contributed by atoms with E-state index < -0.39 is 0 Å². The molecule has 0 aliphatic rings. The molecule has 3 rings (SSSR count). The molecule has 0 fully saturated rings. The van der Waals surface area contributed by atoms with E-state index in [9.17, 15) is 9.59 Å². The quantitative estimate of drug-likeness (QED) is 0.525. The Labute approximate surface area is 176 Å². The number of carbonyl (C=O) groups is 2. The maximum atomic E-state index is 12.1. The van der Waals surface area contributed by atoms with Gasteiger partial charge in [0.2, 0.25) is 11.8 Å². The average Bonchev–Trinajstić information content (AvgIpc) is 3.20. The largest absolute Gasteiger partial charge is 0.497 e. The topological polar surface area (TPSA) is 106 Å². The van der Waals surface area contributed by atoms with E-state index in [2.05, 4.69) is 20.8 Å². The summed E-state index contributed by atoms with van der Waals surface area (Å²) in [7, 11) is 1.56. The van der Waals surface area contributed by atoms with Gasteiger partial charge in [0, 0.05) is 16.3 Å². The van der Waals surface area contributed by atoms with E-state index in [0.29, 0.717) is 22.0 Å².